The van der Waals surface area contributed by atoms with Gasteiger partial charge in [0, 0.05) is 13.1 Å². The highest BCUT2D eigenvalue weighted by Crippen LogP contribution is 2.35. The van der Waals surface area contributed by atoms with E-state index in [1.807, 2.05) is 13.8 Å². The van der Waals surface area contributed by atoms with Crippen LogP contribution in [0.25, 0.3) is 0 Å². The van der Waals surface area contributed by atoms with E-state index in [0.717, 1.165) is 12.8 Å². The third-order valence-electron chi connectivity index (χ3n) is 3.39. The maximum atomic E-state index is 12.0. The van der Waals surface area contributed by atoms with Crippen molar-refractivity contribution in [2.45, 2.75) is 32.7 Å². The van der Waals surface area contributed by atoms with Gasteiger partial charge in [0.2, 0.25) is 5.91 Å². The van der Waals surface area contributed by atoms with Crippen LogP contribution in [0.15, 0.2) is 12.7 Å². The smallest absolute Gasteiger partial charge is 0.326 e. The van der Waals surface area contributed by atoms with Crippen LogP contribution in [-0.4, -0.2) is 47.6 Å². The zero-order valence-corrected chi connectivity index (χ0v) is 11.1. The predicted octanol–water partition coefficient (Wildman–Crippen LogP) is 0.864. The van der Waals surface area contributed by atoms with Gasteiger partial charge >= 0.3 is 5.97 Å². The monoisotopic (exact) mass is 254 g/mol. The molecule has 0 bridgehead atoms. The lowest BCUT2D eigenvalue weighted by Crippen LogP contribution is -2.57. The van der Waals surface area contributed by atoms with Crippen molar-refractivity contribution in [3.63, 3.8) is 0 Å². The zero-order chi connectivity index (χ0) is 13.8. The molecule has 1 aliphatic rings. The molecule has 102 valence electrons. The second-order valence-corrected chi connectivity index (χ2v) is 5.34. The number of carboxylic acid groups (broad SMARTS) is 1. The molecule has 1 atom stereocenters. The highest BCUT2D eigenvalue weighted by molar-refractivity contribution is 5.85. The third-order valence-corrected chi connectivity index (χ3v) is 3.39. The number of amides is 1. The molecule has 1 aliphatic heterocycles. The summed E-state index contributed by atoms with van der Waals surface area (Å²) in [4.78, 5) is 24.9. The van der Waals surface area contributed by atoms with Gasteiger partial charge < -0.3 is 15.3 Å². The van der Waals surface area contributed by atoms with Crippen molar-refractivity contribution >= 4 is 11.9 Å². The van der Waals surface area contributed by atoms with Crippen LogP contribution in [0.2, 0.25) is 0 Å². The van der Waals surface area contributed by atoms with Gasteiger partial charge in [0.1, 0.15) is 6.04 Å². The Bertz CT molecular complexity index is 339. The van der Waals surface area contributed by atoms with Crippen LogP contribution in [0.1, 0.15) is 26.7 Å². The standard InChI is InChI=1S/C13H22N2O3/c1-4-7-14-9-10(16)15-8-5-6-13(2,3)11(15)12(17)18/h4,11,14H,1,5-9H2,2-3H3,(H,17,18). The number of carboxylic acids is 1. The summed E-state index contributed by atoms with van der Waals surface area (Å²) in [5.41, 5.74) is -0.377. The predicted molar refractivity (Wildman–Crippen MR) is 69.2 cm³/mol. The van der Waals surface area contributed by atoms with Crippen molar-refractivity contribution in [3.05, 3.63) is 12.7 Å². The van der Waals surface area contributed by atoms with Crippen molar-refractivity contribution in [1.82, 2.24) is 10.2 Å². The molecule has 0 aromatic heterocycles. The fraction of sp³-hybridized carbons (Fsp3) is 0.692. The van der Waals surface area contributed by atoms with Gasteiger partial charge in [-0.15, -0.1) is 6.58 Å². The van der Waals surface area contributed by atoms with Gasteiger partial charge in [-0.1, -0.05) is 19.9 Å². The SMILES string of the molecule is C=CCNCC(=O)N1CCCC(C)(C)C1C(=O)O. The first kappa shape index (κ1) is 14.7. The average Bonchev–Trinajstić information content (AvgIpc) is 2.26. The van der Waals surface area contributed by atoms with E-state index in [9.17, 15) is 14.7 Å². The molecule has 1 rings (SSSR count). The van der Waals surface area contributed by atoms with Crippen LogP contribution in [0.5, 0.6) is 0 Å². The lowest BCUT2D eigenvalue weighted by atomic mass is 9.76. The van der Waals surface area contributed by atoms with Crippen LogP contribution in [-0.2, 0) is 9.59 Å². The number of likely N-dealkylation sites (tertiary alicyclic amines) is 1. The van der Waals surface area contributed by atoms with Crippen molar-refractivity contribution in [1.29, 1.82) is 0 Å². The maximum Gasteiger partial charge on any atom is 0.326 e. The highest BCUT2D eigenvalue weighted by Gasteiger charge is 2.44. The molecule has 5 nitrogen and oxygen atoms in total. The first-order valence-electron chi connectivity index (χ1n) is 6.24. The van der Waals surface area contributed by atoms with Crippen molar-refractivity contribution in [2.75, 3.05) is 19.6 Å². The number of carbonyl (C=O) groups excluding carboxylic acids is 1. The molecule has 18 heavy (non-hydrogen) atoms. The second-order valence-electron chi connectivity index (χ2n) is 5.34. The Hall–Kier alpha value is -1.36. The number of hydrogen-bond acceptors (Lipinski definition) is 3. The zero-order valence-electron chi connectivity index (χ0n) is 11.1. The van der Waals surface area contributed by atoms with Gasteiger partial charge in [-0.3, -0.25) is 4.79 Å². The first-order chi connectivity index (χ1) is 8.40. The second kappa shape index (κ2) is 6.00. The minimum atomic E-state index is -0.920. The molecule has 1 heterocycles. The molecule has 0 aliphatic carbocycles. The van der Waals surface area contributed by atoms with E-state index in [2.05, 4.69) is 11.9 Å². The summed E-state index contributed by atoms with van der Waals surface area (Å²) in [7, 11) is 0. The third kappa shape index (κ3) is 3.32. The number of hydrogen-bond donors (Lipinski definition) is 2. The summed E-state index contributed by atoms with van der Waals surface area (Å²) in [5, 5.41) is 12.3. The van der Waals surface area contributed by atoms with Crippen molar-refractivity contribution in [2.24, 2.45) is 5.41 Å². The molecular formula is C13H22N2O3. The van der Waals surface area contributed by atoms with Gasteiger partial charge in [-0.05, 0) is 18.3 Å². The maximum absolute atomic E-state index is 12.0. The van der Waals surface area contributed by atoms with Gasteiger partial charge in [0.05, 0.1) is 6.54 Å². The van der Waals surface area contributed by atoms with E-state index >= 15 is 0 Å². The molecule has 1 fully saturated rings. The summed E-state index contributed by atoms with van der Waals surface area (Å²) in [6.07, 6.45) is 3.35. The van der Waals surface area contributed by atoms with Crippen molar-refractivity contribution < 1.29 is 14.7 Å². The summed E-state index contributed by atoms with van der Waals surface area (Å²) in [6.45, 7) is 8.59. The Morgan fingerprint density at radius 1 is 1.56 bits per heavy atom. The fourth-order valence-corrected chi connectivity index (χ4v) is 2.51. The van der Waals surface area contributed by atoms with E-state index in [4.69, 9.17) is 0 Å². The number of aliphatic carboxylic acids is 1. The van der Waals surface area contributed by atoms with Gasteiger partial charge in [0.25, 0.3) is 0 Å². The molecule has 0 spiro atoms. The Balaban J connectivity index is 2.74. The molecule has 5 heteroatoms. The van der Waals surface area contributed by atoms with Crippen LogP contribution in [0, 0.1) is 5.41 Å². The Morgan fingerprint density at radius 2 is 2.22 bits per heavy atom. The summed E-state index contributed by atoms with van der Waals surface area (Å²) >= 11 is 0. The molecule has 0 aromatic rings. The van der Waals surface area contributed by atoms with E-state index in [-0.39, 0.29) is 17.9 Å². The molecule has 1 amide bonds. The molecule has 1 saturated heterocycles. The molecule has 0 saturated carbocycles. The van der Waals surface area contributed by atoms with E-state index in [0.29, 0.717) is 13.1 Å². The highest BCUT2D eigenvalue weighted by atomic mass is 16.4. The summed E-state index contributed by atoms with van der Waals surface area (Å²) in [5.74, 6) is -1.08. The van der Waals surface area contributed by atoms with E-state index in [1.54, 1.807) is 6.08 Å². The van der Waals surface area contributed by atoms with Gasteiger partial charge in [0.15, 0.2) is 0 Å². The lowest BCUT2D eigenvalue weighted by molar-refractivity contribution is -0.158. The molecule has 1 unspecified atom stereocenters. The van der Waals surface area contributed by atoms with E-state index in [1.165, 1.54) is 4.90 Å². The van der Waals surface area contributed by atoms with Crippen LogP contribution in [0.4, 0.5) is 0 Å². The molecular weight excluding hydrogens is 232 g/mol. The normalized spacial score (nSPS) is 22.6. The molecule has 0 radical (unpaired) electrons. The van der Waals surface area contributed by atoms with Gasteiger partial charge in [-0.25, -0.2) is 4.79 Å². The summed E-state index contributed by atoms with van der Waals surface area (Å²) in [6, 6.07) is -0.732. The van der Waals surface area contributed by atoms with Crippen LogP contribution in [0.3, 0.4) is 0 Å². The summed E-state index contributed by atoms with van der Waals surface area (Å²) < 4.78 is 0. The quantitative estimate of drug-likeness (QED) is 0.564. The van der Waals surface area contributed by atoms with E-state index < -0.39 is 12.0 Å². The van der Waals surface area contributed by atoms with Crippen LogP contribution >= 0.6 is 0 Å². The minimum absolute atomic E-state index is 0.156. The Labute approximate surface area is 108 Å². The lowest BCUT2D eigenvalue weighted by Gasteiger charge is -2.44. The first-order valence-corrected chi connectivity index (χ1v) is 6.24. The number of rotatable bonds is 5. The van der Waals surface area contributed by atoms with Gasteiger partial charge in [-0.2, -0.15) is 0 Å². The average molecular weight is 254 g/mol. The largest absolute Gasteiger partial charge is 0.480 e. The minimum Gasteiger partial charge on any atom is -0.480 e. The van der Waals surface area contributed by atoms with Crippen molar-refractivity contribution in [3.8, 4) is 0 Å². The number of piperidine rings is 1. The van der Waals surface area contributed by atoms with Crippen LogP contribution < -0.4 is 5.32 Å². The Kier molecular flexibility index (Phi) is 4.90. The number of nitrogens with zero attached hydrogens (tertiary/aromatic N) is 1. The fourth-order valence-electron chi connectivity index (χ4n) is 2.51. The topological polar surface area (TPSA) is 69.6 Å². The molecule has 2 N–H and O–H groups in total. The number of carbonyl (C=O) groups is 2. The number of nitrogens with one attached hydrogen (secondary N) is 1. The Morgan fingerprint density at radius 3 is 2.78 bits per heavy atom. The molecule has 0 aromatic carbocycles.